The van der Waals surface area contributed by atoms with Crippen molar-refractivity contribution >= 4 is 28.4 Å². The van der Waals surface area contributed by atoms with Crippen molar-refractivity contribution in [1.82, 2.24) is 4.90 Å². The first-order valence-electron chi connectivity index (χ1n) is 6.97. The molecular formula is C16H14N2O3. The molecule has 2 aromatic rings. The highest BCUT2D eigenvalue weighted by molar-refractivity contribution is 6.24. The Balaban J connectivity index is 1.83. The largest absolute Gasteiger partial charge is 0.391 e. The molecule has 4 rings (SSSR count). The number of urea groups is 1. The molecule has 0 radical (unpaired) electrons. The van der Waals surface area contributed by atoms with Gasteiger partial charge in [0.1, 0.15) is 6.04 Å². The fourth-order valence-corrected chi connectivity index (χ4v) is 3.26. The molecule has 2 fully saturated rings. The van der Waals surface area contributed by atoms with E-state index < -0.39 is 12.1 Å². The van der Waals surface area contributed by atoms with Crippen molar-refractivity contribution in [2.24, 2.45) is 0 Å². The minimum absolute atomic E-state index is 0.233. The number of benzene rings is 2. The Morgan fingerprint density at radius 1 is 1.05 bits per heavy atom. The minimum atomic E-state index is -0.599. The van der Waals surface area contributed by atoms with Crippen molar-refractivity contribution in [3.63, 3.8) is 0 Å². The SMILES string of the molecule is O=C1[C@@H]2C[C@@H](O)CN2C(=O)N1c1cccc2ccccc12. The van der Waals surface area contributed by atoms with Gasteiger partial charge in [-0.25, -0.2) is 9.69 Å². The van der Waals surface area contributed by atoms with Gasteiger partial charge in [-0.2, -0.15) is 0 Å². The third-order valence-electron chi connectivity index (χ3n) is 4.23. The lowest BCUT2D eigenvalue weighted by Gasteiger charge is -2.18. The van der Waals surface area contributed by atoms with Crippen LogP contribution in [-0.2, 0) is 4.79 Å². The summed E-state index contributed by atoms with van der Waals surface area (Å²) in [6.45, 7) is 0.233. The molecule has 3 amide bonds. The van der Waals surface area contributed by atoms with Gasteiger partial charge in [0.25, 0.3) is 5.91 Å². The van der Waals surface area contributed by atoms with E-state index in [1.807, 2.05) is 36.4 Å². The lowest BCUT2D eigenvalue weighted by molar-refractivity contribution is -0.119. The normalized spacial score (nSPS) is 25.0. The van der Waals surface area contributed by atoms with Gasteiger partial charge in [-0.05, 0) is 11.5 Å². The Hall–Kier alpha value is -2.40. The molecule has 0 bridgehead atoms. The molecule has 1 N–H and O–H groups in total. The van der Waals surface area contributed by atoms with Crippen LogP contribution >= 0.6 is 0 Å². The molecule has 2 aliphatic heterocycles. The second-order valence-corrected chi connectivity index (χ2v) is 5.51. The highest BCUT2D eigenvalue weighted by atomic mass is 16.3. The van der Waals surface area contributed by atoms with Crippen LogP contribution in [0.5, 0.6) is 0 Å². The van der Waals surface area contributed by atoms with Crippen LogP contribution < -0.4 is 4.90 Å². The van der Waals surface area contributed by atoms with E-state index in [0.29, 0.717) is 12.1 Å². The number of aliphatic hydroxyl groups excluding tert-OH is 1. The molecule has 2 aliphatic rings. The highest BCUT2D eigenvalue weighted by Crippen LogP contribution is 2.35. The standard InChI is InChI=1S/C16H14N2O3/c19-11-8-14-15(20)18(16(21)17(14)9-11)13-7-3-5-10-4-1-2-6-12(10)13/h1-7,11,14,19H,8-9H2/t11-,14+/m1/s1. The summed E-state index contributed by atoms with van der Waals surface area (Å²) in [6, 6.07) is 12.4. The zero-order valence-corrected chi connectivity index (χ0v) is 11.3. The Morgan fingerprint density at radius 2 is 1.81 bits per heavy atom. The fraction of sp³-hybridized carbons (Fsp3) is 0.250. The van der Waals surface area contributed by atoms with Crippen molar-refractivity contribution in [3.8, 4) is 0 Å². The monoisotopic (exact) mass is 282 g/mol. The van der Waals surface area contributed by atoms with Gasteiger partial charge in [-0.3, -0.25) is 4.79 Å². The first kappa shape index (κ1) is 12.3. The van der Waals surface area contributed by atoms with E-state index in [-0.39, 0.29) is 18.5 Å². The molecule has 5 heteroatoms. The highest BCUT2D eigenvalue weighted by Gasteiger charge is 2.50. The maximum atomic E-state index is 12.5. The summed E-state index contributed by atoms with van der Waals surface area (Å²) in [4.78, 5) is 27.8. The molecule has 5 nitrogen and oxygen atoms in total. The number of nitrogens with zero attached hydrogens (tertiary/aromatic N) is 2. The van der Waals surface area contributed by atoms with Crippen molar-refractivity contribution in [2.45, 2.75) is 18.6 Å². The summed E-state index contributed by atoms with van der Waals surface area (Å²) >= 11 is 0. The van der Waals surface area contributed by atoms with E-state index in [2.05, 4.69) is 0 Å². The molecule has 2 aromatic carbocycles. The Labute approximate surface area is 121 Å². The van der Waals surface area contributed by atoms with Crippen LogP contribution in [0.25, 0.3) is 10.8 Å². The Kier molecular flexibility index (Phi) is 2.53. The number of anilines is 1. The van der Waals surface area contributed by atoms with Gasteiger partial charge < -0.3 is 10.0 Å². The molecule has 0 saturated carbocycles. The van der Waals surface area contributed by atoms with Gasteiger partial charge in [0.05, 0.1) is 11.8 Å². The number of fused-ring (bicyclic) bond motifs is 2. The van der Waals surface area contributed by atoms with Crippen molar-refractivity contribution in [1.29, 1.82) is 0 Å². The molecule has 106 valence electrons. The number of imide groups is 1. The van der Waals surface area contributed by atoms with Crippen LogP contribution in [0.3, 0.4) is 0 Å². The first-order chi connectivity index (χ1) is 10.2. The summed E-state index contributed by atoms with van der Waals surface area (Å²) in [6.07, 6.45) is -0.274. The molecule has 0 aromatic heterocycles. The summed E-state index contributed by atoms with van der Waals surface area (Å²) in [5.41, 5.74) is 0.618. The van der Waals surface area contributed by atoms with Crippen LogP contribution in [-0.4, -0.2) is 40.6 Å². The summed E-state index contributed by atoms with van der Waals surface area (Å²) in [5.74, 6) is -0.243. The second kappa shape index (κ2) is 4.30. The topological polar surface area (TPSA) is 60.9 Å². The lowest BCUT2D eigenvalue weighted by Crippen LogP contribution is -2.35. The summed E-state index contributed by atoms with van der Waals surface area (Å²) in [5, 5.41) is 11.5. The molecule has 0 spiro atoms. The molecule has 0 unspecified atom stereocenters. The third-order valence-corrected chi connectivity index (χ3v) is 4.23. The van der Waals surface area contributed by atoms with E-state index in [1.165, 1.54) is 9.80 Å². The number of hydrogen-bond donors (Lipinski definition) is 1. The quantitative estimate of drug-likeness (QED) is 0.810. The molecule has 0 aliphatic carbocycles. The van der Waals surface area contributed by atoms with E-state index in [9.17, 15) is 14.7 Å². The number of carbonyl (C=O) groups is 2. The molecule has 2 atom stereocenters. The maximum Gasteiger partial charge on any atom is 0.332 e. The van der Waals surface area contributed by atoms with Gasteiger partial charge in [0.15, 0.2) is 0 Å². The van der Waals surface area contributed by atoms with E-state index in [0.717, 1.165) is 10.8 Å². The number of carbonyl (C=O) groups excluding carboxylic acids is 2. The van der Waals surface area contributed by atoms with Crippen molar-refractivity contribution in [2.75, 3.05) is 11.4 Å². The second-order valence-electron chi connectivity index (χ2n) is 5.51. The number of aliphatic hydroxyl groups is 1. The predicted molar refractivity (Wildman–Crippen MR) is 77.9 cm³/mol. The van der Waals surface area contributed by atoms with Crippen LogP contribution in [0.4, 0.5) is 10.5 Å². The van der Waals surface area contributed by atoms with Crippen LogP contribution in [0.1, 0.15) is 6.42 Å². The average Bonchev–Trinajstić information content (AvgIpc) is 2.98. The Bertz CT molecular complexity index is 729. The lowest BCUT2D eigenvalue weighted by atomic mass is 10.1. The van der Waals surface area contributed by atoms with Crippen LogP contribution in [0.15, 0.2) is 42.5 Å². The predicted octanol–water partition coefficient (Wildman–Crippen LogP) is 1.74. The third kappa shape index (κ3) is 1.67. The average molecular weight is 282 g/mol. The van der Waals surface area contributed by atoms with Gasteiger partial charge in [-0.15, -0.1) is 0 Å². The fourth-order valence-electron chi connectivity index (χ4n) is 3.26. The number of rotatable bonds is 1. The maximum absolute atomic E-state index is 12.5. The van der Waals surface area contributed by atoms with Gasteiger partial charge in [0.2, 0.25) is 0 Å². The van der Waals surface area contributed by atoms with Gasteiger partial charge >= 0.3 is 6.03 Å². The zero-order chi connectivity index (χ0) is 14.6. The summed E-state index contributed by atoms with van der Waals surface area (Å²) in [7, 11) is 0. The molecule has 2 saturated heterocycles. The molecule has 2 heterocycles. The van der Waals surface area contributed by atoms with Crippen LogP contribution in [0, 0.1) is 0 Å². The molecule has 21 heavy (non-hydrogen) atoms. The zero-order valence-electron chi connectivity index (χ0n) is 11.3. The van der Waals surface area contributed by atoms with E-state index in [1.54, 1.807) is 6.07 Å². The van der Waals surface area contributed by atoms with E-state index in [4.69, 9.17) is 0 Å². The van der Waals surface area contributed by atoms with Crippen molar-refractivity contribution in [3.05, 3.63) is 42.5 Å². The van der Waals surface area contributed by atoms with Gasteiger partial charge in [0, 0.05) is 18.4 Å². The minimum Gasteiger partial charge on any atom is -0.391 e. The molecular weight excluding hydrogens is 268 g/mol. The van der Waals surface area contributed by atoms with Gasteiger partial charge in [-0.1, -0.05) is 36.4 Å². The van der Waals surface area contributed by atoms with Crippen LogP contribution in [0.2, 0.25) is 0 Å². The summed E-state index contributed by atoms with van der Waals surface area (Å²) < 4.78 is 0. The number of amides is 3. The smallest absolute Gasteiger partial charge is 0.332 e. The number of hydrogen-bond acceptors (Lipinski definition) is 3. The Morgan fingerprint density at radius 3 is 2.62 bits per heavy atom. The van der Waals surface area contributed by atoms with E-state index >= 15 is 0 Å². The first-order valence-corrected chi connectivity index (χ1v) is 6.97. The van der Waals surface area contributed by atoms with Crippen molar-refractivity contribution < 1.29 is 14.7 Å².